The zero-order valence-corrected chi connectivity index (χ0v) is 8.10. The average molecular weight is 185 g/mol. The summed E-state index contributed by atoms with van der Waals surface area (Å²) in [4.78, 5) is 8.10. The van der Waals surface area contributed by atoms with Crippen LogP contribution in [0.15, 0.2) is 5.03 Å². The van der Waals surface area contributed by atoms with Gasteiger partial charge in [-0.2, -0.15) is 0 Å². The van der Waals surface area contributed by atoms with Gasteiger partial charge in [0.2, 0.25) is 0 Å². The van der Waals surface area contributed by atoms with Gasteiger partial charge in [-0.15, -0.1) is 0 Å². The molecule has 0 aliphatic rings. The minimum atomic E-state index is -1.16. The predicted molar refractivity (Wildman–Crippen MR) is 48.3 cm³/mol. The van der Waals surface area contributed by atoms with Gasteiger partial charge in [0, 0.05) is 6.26 Å². The molecule has 5 heteroatoms. The van der Waals surface area contributed by atoms with Gasteiger partial charge < -0.3 is 5.73 Å². The molecule has 1 heterocycles. The Bertz CT molecular complexity index is 338. The van der Waals surface area contributed by atoms with Gasteiger partial charge in [-0.1, -0.05) is 0 Å². The molecular weight excluding hydrogens is 174 g/mol. The Morgan fingerprint density at radius 1 is 1.25 bits per heavy atom. The zero-order valence-electron chi connectivity index (χ0n) is 7.29. The lowest BCUT2D eigenvalue weighted by Gasteiger charge is -2.03. The van der Waals surface area contributed by atoms with Crippen LogP contribution in [-0.2, 0) is 10.8 Å². The molecule has 1 aromatic heterocycles. The van der Waals surface area contributed by atoms with Crippen LogP contribution >= 0.6 is 0 Å². The van der Waals surface area contributed by atoms with Crippen molar-refractivity contribution in [3.8, 4) is 0 Å². The lowest BCUT2D eigenvalue weighted by molar-refractivity contribution is 0.683. The summed E-state index contributed by atoms with van der Waals surface area (Å²) >= 11 is 0. The average Bonchev–Trinajstić information content (AvgIpc) is 1.96. The second-order valence-electron chi connectivity index (χ2n) is 2.54. The first-order chi connectivity index (χ1) is 5.52. The fraction of sp³-hybridized carbons (Fsp3) is 0.429. The van der Waals surface area contributed by atoms with Gasteiger partial charge in [-0.25, -0.2) is 9.97 Å². The summed E-state index contributed by atoms with van der Waals surface area (Å²) in [5.74, 6) is 0.263. The molecule has 1 atom stereocenters. The number of rotatable bonds is 1. The Balaban J connectivity index is 3.33. The molecule has 66 valence electrons. The number of nitrogen functional groups attached to an aromatic ring is 1. The maximum Gasteiger partial charge on any atom is 0.169 e. The van der Waals surface area contributed by atoms with Crippen LogP contribution in [0.3, 0.4) is 0 Å². The molecule has 0 bridgehead atoms. The fourth-order valence-corrected chi connectivity index (χ4v) is 1.42. The van der Waals surface area contributed by atoms with Gasteiger partial charge >= 0.3 is 0 Å². The largest absolute Gasteiger partial charge is 0.381 e. The van der Waals surface area contributed by atoms with Crippen LogP contribution in [0.25, 0.3) is 0 Å². The summed E-state index contributed by atoms with van der Waals surface area (Å²) in [6.07, 6.45) is 1.54. The summed E-state index contributed by atoms with van der Waals surface area (Å²) in [7, 11) is -1.16. The smallest absolute Gasteiger partial charge is 0.169 e. The third-order valence-corrected chi connectivity index (χ3v) is 2.42. The van der Waals surface area contributed by atoms with Gasteiger partial charge in [-0.3, -0.25) is 4.21 Å². The minimum Gasteiger partial charge on any atom is -0.381 e. The minimum absolute atomic E-state index is 0.263. The summed E-state index contributed by atoms with van der Waals surface area (Å²) in [5.41, 5.74) is 7.08. The van der Waals surface area contributed by atoms with Gasteiger partial charge in [0.25, 0.3) is 0 Å². The molecule has 0 saturated carbocycles. The molecule has 0 spiro atoms. The van der Waals surface area contributed by atoms with Crippen molar-refractivity contribution in [3.05, 3.63) is 11.4 Å². The second kappa shape index (κ2) is 3.18. The van der Waals surface area contributed by atoms with E-state index in [1.165, 1.54) is 6.26 Å². The van der Waals surface area contributed by atoms with Crippen LogP contribution in [-0.4, -0.2) is 20.4 Å². The highest BCUT2D eigenvalue weighted by Gasteiger charge is 2.08. The van der Waals surface area contributed by atoms with E-state index in [0.29, 0.717) is 5.03 Å². The maximum absolute atomic E-state index is 11.1. The van der Waals surface area contributed by atoms with Gasteiger partial charge in [0.15, 0.2) is 10.8 Å². The number of aryl methyl sites for hydroxylation is 2. The number of hydrogen-bond acceptors (Lipinski definition) is 4. The van der Waals surface area contributed by atoms with Gasteiger partial charge in [0.05, 0.1) is 22.2 Å². The lowest BCUT2D eigenvalue weighted by atomic mass is 10.3. The van der Waals surface area contributed by atoms with E-state index >= 15 is 0 Å². The first-order valence-corrected chi connectivity index (χ1v) is 5.02. The van der Waals surface area contributed by atoms with E-state index in [2.05, 4.69) is 9.97 Å². The van der Waals surface area contributed by atoms with E-state index < -0.39 is 10.8 Å². The Kier molecular flexibility index (Phi) is 2.42. The molecule has 0 fully saturated rings. The highest BCUT2D eigenvalue weighted by Crippen LogP contribution is 2.12. The highest BCUT2D eigenvalue weighted by molar-refractivity contribution is 7.84. The Labute approximate surface area is 73.7 Å². The monoisotopic (exact) mass is 185 g/mol. The fourth-order valence-electron chi connectivity index (χ4n) is 0.811. The third kappa shape index (κ3) is 1.61. The van der Waals surface area contributed by atoms with Crippen molar-refractivity contribution in [2.45, 2.75) is 18.9 Å². The van der Waals surface area contributed by atoms with Crippen LogP contribution in [0.2, 0.25) is 0 Å². The normalized spacial score (nSPS) is 12.9. The second-order valence-corrected chi connectivity index (χ2v) is 3.83. The molecule has 0 aliphatic carbocycles. The molecule has 2 N–H and O–H groups in total. The standard InChI is InChI=1S/C7H11N3OS/c1-4-5(2)10-7(12(3)11)6(8)9-4/h1-3H3,(H2,8,9). The number of aromatic nitrogens is 2. The molecule has 1 unspecified atom stereocenters. The lowest BCUT2D eigenvalue weighted by Crippen LogP contribution is -2.05. The van der Waals surface area contributed by atoms with Crippen molar-refractivity contribution in [3.63, 3.8) is 0 Å². The molecule has 0 radical (unpaired) electrons. The van der Waals surface area contributed by atoms with Crippen molar-refractivity contribution >= 4 is 16.6 Å². The molecule has 1 rings (SSSR count). The van der Waals surface area contributed by atoms with E-state index in [1.54, 1.807) is 0 Å². The zero-order chi connectivity index (χ0) is 9.30. The summed E-state index contributed by atoms with van der Waals surface area (Å²) in [6, 6.07) is 0. The molecule has 0 aliphatic heterocycles. The van der Waals surface area contributed by atoms with Crippen LogP contribution in [0.5, 0.6) is 0 Å². The molecule has 0 saturated heterocycles. The van der Waals surface area contributed by atoms with E-state index in [0.717, 1.165) is 11.4 Å². The van der Waals surface area contributed by atoms with E-state index in [-0.39, 0.29) is 5.82 Å². The predicted octanol–water partition coefficient (Wildman–Crippen LogP) is 0.413. The van der Waals surface area contributed by atoms with Crippen LogP contribution in [0.1, 0.15) is 11.4 Å². The molecule has 12 heavy (non-hydrogen) atoms. The molecular formula is C7H11N3OS. The molecule has 0 aromatic carbocycles. The van der Waals surface area contributed by atoms with Crippen molar-refractivity contribution in [1.82, 2.24) is 9.97 Å². The quantitative estimate of drug-likeness (QED) is 0.688. The summed E-state index contributed by atoms with van der Waals surface area (Å²) in [6.45, 7) is 3.64. The highest BCUT2D eigenvalue weighted by atomic mass is 32.2. The van der Waals surface area contributed by atoms with Crippen LogP contribution < -0.4 is 5.73 Å². The van der Waals surface area contributed by atoms with Crippen molar-refractivity contribution < 1.29 is 4.21 Å². The molecule has 4 nitrogen and oxygen atoms in total. The third-order valence-electron chi connectivity index (χ3n) is 1.57. The topological polar surface area (TPSA) is 68.9 Å². The Morgan fingerprint density at radius 3 is 2.25 bits per heavy atom. The first-order valence-electron chi connectivity index (χ1n) is 3.46. The number of anilines is 1. The van der Waals surface area contributed by atoms with Crippen LogP contribution in [0.4, 0.5) is 5.82 Å². The Morgan fingerprint density at radius 2 is 1.75 bits per heavy atom. The summed E-state index contributed by atoms with van der Waals surface area (Å²) in [5, 5.41) is 0.373. The number of hydrogen-bond donors (Lipinski definition) is 1. The van der Waals surface area contributed by atoms with E-state index in [1.807, 2.05) is 13.8 Å². The number of nitrogens with zero attached hydrogens (tertiary/aromatic N) is 2. The SMILES string of the molecule is Cc1nc(N)c(S(C)=O)nc1C. The van der Waals surface area contributed by atoms with Crippen molar-refractivity contribution in [2.75, 3.05) is 12.0 Å². The van der Waals surface area contributed by atoms with Crippen molar-refractivity contribution in [2.24, 2.45) is 0 Å². The van der Waals surface area contributed by atoms with Crippen LogP contribution in [0, 0.1) is 13.8 Å². The first kappa shape index (κ1) is 9.12. The number of nitrogens with two attached hydrogens (primary N) is 1. The van der Waals surface area contributed by atoms with Gasteiger partial charge in [-0.05, 0) is 13.8 Å². The molecule has 1 aromatic rings. The van der Waals surface area contributed by atoms with E-state index in [9.17, 15) is 4.21 Å². The van der Waals surface area contributed by atoms with E-state index in [4.69, 9.17) is 5.73 Å². The van der Waals surface area contributed by atoms with Crippen molar-refractivity contribution in [1.29, 1.82) is 0 Å². The molecule has 0 amide bonds. The summed E-state index contributed by atoms with van der Waals surface area (Å²) < 4.78 is 11.1. The van der Waals surface area contributed by atoms with Gasteiger partial charge in [0.1, 0.15) is 0 Å². The maximum atomic E-state index is 11.1. The Hall–Kier alpha value is -0.970.